The van der Waals surface area contributed by atoms with E-state index in [1.165, 1.54) is 26.4 Å². The number of hydrogen-bond acceptors (Lipinski definition) is 2. The molecule has 0 aliphatic rings. The number of methoxy groups -OCH3 is 1. The lowest BCUT2D eigenvalue weighted by molar-refractivity contribution is -0.140. The molecule has 0 radical (unpaired) electrons. The van der Waals surface area contributed by atoms with Crippen molar-refractivity contribution in [1.82, 2.24) is 0 Å². The zero-order valence-corrected chi connectivity index (χ0v) is 12.4. The molecule has 0 saturated heterocycles. The minimum atomic E-state index is -0.0909. The number of hydrogen-bond donors (Lipinski definition) is 0. The molecular weight excluding hydrogens is 236 g/mol. The fraction of sp³-hybridized carbons (Fsp3) is 0.588. The van der Waals surface area contributed by atoms with Gasteiger partial charge in [0.25, 0.3) is 0 Å². The fourth-order valence-corrected chi connectivity index (χ4v) is 1.68. The molecule has 0 amide bonds. The van der Waals surface area contributed by atoms with Crippen molar-refractivity contribution >= 4 is 5.97 Å². The number of ether oxygens (including phenoxy) is 1. The van der Waals surface area contributed by atoms with Gasteiger partial charge < -0.3 is 4.74 Å². The van der Waals surface area contributed by atoms with Crippen LogP contribution in [0.25, 0.3) is 0 Å². The predicted molar refractivity (Wildman–Crippen MR) is 82.0 cm³/mol. The van der Waals surface area contributed by atoms with Crippen molar-refractivity contribution in [2.45, 2.75) is 58.3 Å². The Kier molecular flexibility index (Phi) is 13.7. The van der Waals surface area contributed by atoms with Crippen LogP contribution < -0.4 is 0 Å². The number of allylic oxidation sites excluding steroid dienone is 6. The normalized spacial score (nSPS) is 11.9. The highest BCUT2D eigenvalue weighted by Gasteiger charge is 1.98. The van der Waals surface area contributed by atoms with Gasteiger partial charge in [0.1, 0.15) is 0 Å². The summed E-state index contributed by atoms with van der Waals surface area (Å²) in [5, 5.41) is 0. The number of carbonyl (C=O) groups excluding carboxylic acids is 1. The third-order valence-electron chi connectivity index (χ3n) is 2.82. The van der Waals surface area contributed by atoms with Crippen LogP contribution in [0.15, 0.2) is 36.5 Å². The van der Waals surface area contributed by atoms with Crippen LogP contribution in [-0.4, -0.2) is 13.1 Å². The zero-order valence-electron chi connectivity index (χ0n) is 12.4. The molecule has 0 fully saturated rings. The minimum absolute atomic E-state index is 0.0909. The fourth-order valence-electron chi connectivity index (χ4n) is 1.68. The van der Waals surface area contributed by atoms with Gasteiger partial charge in [-0.15, -0.1) is 0 Å². The van der Waals surface area contributed by atoms with Gasteiger partial charge in [0.2, 0.25) is 0 Å². The van der Waals surface area contributed by atoms with Crippen molar-refractivity contribution in [3.63, 3.8) is 0 Å². The van der Waals surface area contributed by atoms with Crippen molar-refractivity contribution < 1.29 is 9.53 Å². The maximum atomic E-state index is 10.9. The number of rotatable bonds is 11. The number of unbranched alkanes of at least 4 members (excludes halogenated alkanes) is 5. The summed E-state index contributed by atoms with van der Waals surface area (Å²) < 4.78 is 4.60. The Hall–Kier alpha value is -1.31. The van der Waals surface area contributed by atoms with Gasteiger partial charge in [-0.3, -0.25) is 4.79 Å². The summed E-state index contributed by atoms with van der Waals surface area (Å²) in [4.78, 5) is 10.9. The summed E-state index contributed by atoms with van der Waals surface area (Å²) in [5.74, 6) is -0.0909. The van der Waals surface area contributed by atoms with Gasteiger partial charge in [-0.2, -0.15) is 0 Å². The molecule has 2 heteroatoms. The standard InChI is InChI=1S/C17H28O2/c1-3-4-5-6-7-8-9-10-11-12-13-14-15-16-17(18)19-2/h4-9H,3,10-16H2,1-2H3/b5-4+,7-6+,9-8+. The first-order valence-electron chi connectivity index (χ1n) is 7.36. The van der Waals surface area contributed by atoms with Gasteiger partial charge in [0.15, 0.2) is 0 Å². The molecule has 0 aromatic carbocycles. The van der Waals surface area contributed by atoms with Crippen LogP contribution in [0.1, 0.15) is 58.3 Å². The van der Waals surface area contributed by atoms with Gasteiger partial charge in [0, 0.05) is 6.42 Å². The van der Waals surface area contributed by atoms with Crippen molar-refractivity contribution in [1.29, 1.82) is 0 Å². The lowest BCUT2D eigenvalue weighted by Crippen LogP contribution is -1.98. The number of carbonyl (C=O) groups is 1. The van der Waals surface area contributed by atoms with Crippen LogP contribution in [0.2, 0.25) is 0 Å². The van der Waals surface area contributed by atoms with E-state index >= 15 is 0 Å². The molecule has 19 heavy (non-hydrogen) atoms. The molecule has 0 unspecified atom stereocenters. The summed E-state index contributed by atoms with van der Waals surface area (Å²) in [7, 11) is 1.45. The molecule has 0 atom stereocenters. The van der Waals surface area contributed by atoms with E-state index in [2.05, 4.69) is 48.1 Å². The van der Waals surface area contributed by atoms with Crippen LogP contribution >= 0.6 is 0 Å². The molecule has 0 aromatic rings. The Balaban J connectivity index is 3.26. The van der Waals surface area contributed by atoms with E-state index in [1.54, 1.807) is 0 Å². The Morgan fingerprint density at radius 3 is 2.21 bits per heavy atom. The SMILES string of the molecule is CC/C=C/C=C/C=C/CCCCCCCC(=O)OC. The molecule has 0 aliphatic carbocycles. The van der Waals surface area contributed by atoms with E-state index in [0.717, 1.165) is 25.7 Å². The smallest absolute Gasteiger partial charge is 0.305 e. The Labute approximate surface area is 118 Å². The van der Waals surface area contributed by atoms with Crippen LogP contribution in [0, 0.1) is 0 Å². The van der Waals surface area contributed by atoms with Gasteiger partial charge in [-0.05, 0) is 25.7 Å². The third-order valence-corrected chi connectivity index (χ3v) is 2.82. The molecular formula is C17H28O2. The molecule has 108 valence electrons. The molecule has 0 N–H and O–H groups in total. The third kappa shape index (κ3) is 14.6. The van der Waals surface area contributed by atoms with Gasteiger partial charge in [-0.25, -0.2) is 0 Å². The molecule has 2 nitrogen and oxygen atoms in total. The van der Waals surface area contributed by atoms with Gasteiger partial charge >= 0.3 is 5.97 Å². The molecule has 0 rings (SSSR count). The van der Waals surface area contributed by atoms with E-state index in [0.29, 0.717) is 6.42 Å². The zero-order chi connectivity index (χ0) is 14.2. The predicted octanol–water partition coefficient (Wildman–Crippen LogP) is 4.97. The average molecular weight is 264 g/mol. The molecule has 0 aromatic heterocycles. The van der Waals surface area contributed by atoms with Crippen LogP contribution in [-0.2, 0) is 9.53 Å². The van der Waals surface area contributed by atoms with E-state index in [-0.39, 0.29) is 5.97 Å². The highest BCUT2D eigenvalue weighted by Crippen LogP contribution is 2.08. The summed E-state index contributed by atoms with van der Waals surface area (Å²) in [6, 6.07) is 0. The first-order chi connectivity index (χ1) is 9.31. The summed E-state index contributed by atoms with van der Waals surface area (Å²) in [6.07, 6.45) is 21.2. The first kappa shape index (κ1) is 17.7. The number of esters is 1. The summed E-state index contributed by atoms with van der Waals surface area (Å²) in [6.45, 7) is 2.13. The maximum absolute atomic E-state index is 10.9. The minimum Gasteiger partial charge on any atom is -0.469 e. The summed E-state index contributed by atoms with van der Waals surface area (Å²) >= 11 is 0. The second kappa shape index (κ2) is 14.7. The van der Waals surface area contributed by atoms with E-state index in [9.17, 15) is 4.79 Å². The largest absolute Gasteiger partial charge is 0.469 e. The highest BCUT2D eigenvalue weighted by molar-refractivity contribution is 5.68. The summed E-state index contributed by atoms with van der Waals surface area (Å²) in [5.41, 5.74) is 0. The van der Waals surface area contributed by atoms with Crippen molar-refractivity contribution in [3.8, 4) is 0 Å². The van der Waals surface area contributed by atoms with Gasteiger partial charge in [0.05, 0.1) is 7.11 Å². The monoisotopic (exact) mass is 264 g/mol. The van der Waals surface area contributed by atoms with E-state index in [4.69, 9.17) is 0 Å². The van der Waals surface area contributed by atoms with Gasteiger partial charge in [-0.1, -0.05) is 62.6 Å². The van der Waals surface area contributed by atoms with Crippen molar-refractivity contribution in [3.05, 3.63) is 36.5 Å². The molecule has 0 spiro atoms. The van der Waals surface area contributed by atoms with Crippen LogP contribution in [0.4, 0.5) is 0 Å². The van der Waals surface area contributed by atoms with E-state index < -0.39 is 0 Å². The molecule has 0 saturated carbocycles. The van der Waals surface area contributed by atoms with Crippen molar-refractivity contribution in [2.24, 2.45) is 0 Å². The second-order valence-electron chi connectivity index (χ2n) is 4.53. The van der Waals surface area contributed by atoms with Crippen molar-refractivity contribution in [2.75, 3.05) is 7.11 Å². The highest BCUT2D eigenvalue weighted by atomic mass is 16.5. The lowest BCUT2D eigenvalue weighted by atomic mass is 10.1. The molecule has 0 aliphatic heterocycles. The molecule has 0 heterocycles. The van der Waals surface area contributed by atoms with Crippen LogP contribution in [0.3, 0.4) is 0 Å². The molecule has 0 bridgehead atoms. The van der Waals surface area contributed by atoms with E-state index in [1.807, 2.05) is 0 Å². The van der Waals surface area contributed by atoms with Crippen LogP contribution in [0.5, 0.6) is 0 Å². The Morgan fingerprint density at radius 1 is 0.895 bits per heavy atom. The quantitative estimate of drug-likeness (QED) is 0.299. The maximum Gasteiger partial charge on any atom is 0.305 e. The Bertz CT molecular complexity index is 288. The second-order valence-corrected chi connectivity index (χ2v) is 4.53. The lowest BCUT2D eigenvalue weighted by Gasteiger charge is -1.99. The Morgan fingerprint density at radius 2 is 1.53 bits per heavy atom. The average Bonchev–Trinajstić information content (AvgIpc) is 2.43. The topological polar surface area (TPSA) is 26.3 Å². The first-order valence-corrected chi connectivity index (χ1v) is 7.36.